The summed E-state index contributed by atoms with van der Waals surface area (Å²) >= 11 is 0. The van der Waals surface area contributed by atoms with Crippen molar-refractivity contribution in [3.8, 4) is 6.07 Å². The number of pyridine rings is 1. The lowest BCUT2D eigenvalue weighted by atomic mass is 10.1. The standard InChI is InChI=1S/C17H18N4O/c1-20(2)17(22)13-7-8-21(11-13)16-14(10-18)9-12-5-3-4-6-15(12)19-16/h3-6,9,13H,7-8,11H2,1-2H3. The van der Waals surface area contributed by atoms with Crippen LogP contribution in [0, 0.1) is 17.2 Å². The Hall–Kier alpha value is -2.61. The topological polar surface area (TPSA) is 60.2 Å². The van der Waals surface area contributed by atoms with Crippen LogP contribution >= 0.6 is 0 Å². The molecule has 1 amide bonds. The van der Waals surface area contributed by atoms with Crippen LogP contribution in [0.2, 0.25) is 0 Å². The molecule has 0 bridgehead atoms. The molecule has 1 fully saturated rings. The van der Waals surface area contributed by atoms with Gasteiger partial charge >= 0.3 is 0 Å². The summed E-state index contributed by atoms with van der Waals surface area (Å²) in [6.45, 7) is 1.38. The second kappa shape index (κ2) is 5.64. The number of aromatic nitrogens is 1. The highest BCUT2D eigenvalue weighted by Crippen LogP contribution is 2.28. The highest BCUT2D eigenvalue weighted by atomic mass is 16.2. The highest BCUT2D eigenvalue weighted by Gasteiger charge is 2.31. The van der Waals surface area contributed by atoms with Crippen molar-refractivity contribution in [2.45, 2.75) is 6.42 Å². The number of anilines is 1. The number of para-hydroxylation sites is 1. The second-order valence-electron chi connectivity index (χ2n) is 5.83. The van der Waals surface area contributed by atoms with Gasteiger partial charge < -0.3 is 9.80 Å². The molecule has 1 atom stereocenters. The van der Waals surface area contributed by atoms with E-state index in [1.165, 1.54) is 0 Å². The fourth-order valence-electron chi connectivity index (χ4n) is 2.95. The van der Waals surface area contributed by atoms with E-state index in [9.17, 15) is 10.1 Å². The minimum absolute atomic E-state index is 0.0187. The number of hydrogen-bond acceptors (Lipinski definition) is 4. The summed E-state index contributed by atoms with van der Waals surface area (Å²) in [6.07, 6.45) is 0.802. The smallest absolute Gasteiger partial charge is 0.227 e. The molecule has 2 heterocycles. The Bertz CT molecular complexity index is 763. The minimum atomic E-state index is -0.0187. The molecule has 1 saturated heterocycles. The normalized spacial score (nSPS) is 17.5. The zero-order valence-corrected chi connectivity index (χ0v) is 12.8. The van der Waals surface area contributed by atoms with Gasteiger partial charge in [0.2, 0.25) is 5.91 Å². The molecule has 1 aromatic heterocycles. The van der Waals surface area contributed by atoms with Crippen LogP contribution < -0.4 is 4.90 Å². The van der Waals surface area contributed by atoms with Crippen molar-refractivity contribution in [2.75, 3.05) is 32.1 Å². The van der Waals surface area contributed by atoms with Crippen molar-refractivity contribution < 1.29 is 4.79 Å². The van der Waals surface area contributed by atoms with Gasteiger partial charge in [0.05, 0.1) is 17.0 Å². The van der Waals surface area contributed by atoms with Gasteiger partial charge in [-0.15, -0.1) is 0 Å². The Morgan fingerprint density at radius 2 is 2.18 bits per heavy atom. The maximum atomic E-state index is 12.1. The number of nitrogens with zero attached hydrogens (tertiary/aromatic N) is 4. The molecule has 0 saturated carbocycles. The molecule has 1 aromatic carbocycles. The first kappa shape index (κ1) is 14.3. The van der Waals surface area contributed by atoms with E-state index in [1.54, 1.807) is 19.0 Å². The molecule has 1 aliphatic rings. The molecular weight excluding hydrogens is 276 g/mol. The quantitative estimate of drug-likeness (QED) is 0.850. The molecule has 2 aromatic rings. The van der Waals surface area contributed by atoms with Crippen molar-refractivity contribution in [2.24, 2.45) is 5.92 Å². The Balaban J connectivity index is 1.94. The van der Waals surface area contributed by atoms with Crippen molar-refractivity contribution >= 4 is 22.6 Å². The average molecular weight is 294 g/mol. The molecule has 0 aliphatic carbocycles. The first-order valence-corrected chi connectivity index (χ1v) is 7.36. The summed E-state index contributed by atoms with van der Waals surface area (Å²) in [5.74, 6) is 0.812. The SMILES string of the molecule is CN(C)C(=O)C1CCN(c2nc3ccccc3cc2C#N)C1. The van der Waals surface area contributed by atoms with Gasteiger partial charge in [-0.05, 0) is 18.6 Å². The largest absolute Gasteiger partial charge is 0.355 e. The van der Waals surface area contributed by atoms with E-state index < -0.39 is 0 Å². The van der Waals surface area contributed by atoms with Crippen molar-refractivity contribution in [1.29, 1.82) is 5.26 Å². The minimum Gasteiger partial charge on any atom is -0.355 e. The van der Waals surface area contributed by atoms with Crippen LogP contribution in [-0.2, 0) is 4.79 Å². The Labute approximate surface area is 129 Å². The molecule has 22 heavy (non-hydrogen) atoms. The molecule has 0 radical (unpaired) electrons. The molecule has 5 nitrogen and oxygen atoms in total. The first-order chi connectivity index (χ1) is 10.6. The Morgan fingerprint density at radius 1 is 1.41 bits per heavy atom. The van der Waals surface area contributed by atoms with E-state index >= 15 is 0 Å². The fraction of sp³-hybridized carbons (Fsp3) is 0.353. The molecule has 1 aliphatic heterocycles. The molecular formula is C17H18N4O. The van der Waals surface area contributed by atoms with Crippen LogP contribution in [0.3, 0.4) is 0 Å². The lowest BCUT2D eigenvalue weighted by Crippen LogP contribution is -2.32. The number of benzene rings is 1. The third-order valence-electron chi connectivity index (χ3n) is 4.10. The van der Waals surface area contributed by atoms with Gasteiger partial charge in [-0.25, -0.2) is 4.98 Å². The Kier molecular flexibility index (Phi) is 3.68. The van der Waals surface area contributed by atoms with Gasteiger partial charge in [-0.3, -0.25) is 4.79 Å². The van der Waals surface area contributed by atoms with E-state index in [2.05, 4.69) is 16.0 Å². The maximum Gasteiger partial charge on any atom is 0.227 e. The maximum absolute atomic E-state index is 12.1. The van der Waals surface area contributed by atoms with E-state index in [4.69, 9.17) is 0 Å². The van der Waals surface area contributed by atoms with E-state index in [0.717, 1.165) is 23.9 Å². The third kappa shape index (κ3) is 2.48. The lowest BCUT2D eigenvalue weighted by Gasteiger charge is -2.20. The van der Waals surface area contributed by atoms with Gasteiger partial charge in [-0.2, -0.15) is 5.26 Å². The van der Waals surface area contributed by atoms with Crippen LogP contribution in [0.4, 0.5) is 5.82 Å². The molecule has 3 rings (SSSR count). The Morgan fingerprint density at radius 3 is 2.91 bits per heavy atom. The molecule has 1 unspecified atom stereocenters. The summed E-state index contributed by atoms with van der Waals surface area (Å²) in [4.78, 5) is 20.4. The number of hydrogen-bond donors (Lipinski definition) is 0. The average Bonchev–Trinajstić information content (AvgIpc) is 3.02. The van der Waals surface area contributed by atoms with Gasteiger partial charge in [0.1, 0.15) is 11.9 Å². The van der Waals surface area contributed by atoms with Crippen LogP contribution in [-0.4, -0.2) is 43.0 Å². The summed E-state index contributed by atoms with van der Waals surface area (Å²) in [5.41, 5.74) is 1.44. The zero-order chi connectivity index (χ0) is 15.7. The van der Waals surface area contributed by atoms with Crippen molar-refractivity contribution in [3.63, 3.8) is 0 Å². The predicted octanol–water partition coefficient (Wildman–Crippen LogP) is 2.02. The van der Waals surface area contributed by atoms with Gasteiger partial charge in [0.15, 0.2) is 0 Å². The van der Waals surface area contributed by atoms with Crippen LogP contribution in [0.25, 0.3) is 10.9 Å². The predicted molar refractivity (Wildman–Crippen MR) is 85.5 cm³/mol. The summed E-state index contributed by atoms with van der Waals surface area (Å²) in [6, 6.07) is 11.9. The molecule has 5 heteroatoms. The summed E-state index contributed by atoms with van der Waals surface area (Å²) in [5, 5.41) is 10.4. The van der Waals surface area contributed by atoms with Gasteiger partial charge in [0.25, 0.3) is 0 Å². The summed E-state index contributed by atoms with van der Waals surface area (Å²) < 4.78 is 0. The van der Waals surface area contributed by atoms with E-state index in [-0.39, 0.29) is 11.8 Å². The zero-order valence-electron chi connectivity index (χ0n) is 12.8. The van der Waals surface area contributed by atoms with E-state index in [0.29, 0.717) is 17.9 Å². The second-order valence-corrected chi connectivity index (χ2v) is 5.83. The van der Waals surface area contributed by atoms with E-state index in [1.807, 2.05) is 30.3 Å². The van der Waals surface area contributed by atoms with Crippen molar-refractivity contribution in [1.82, 2.24) is 9.88 Å². The first-order valence-electron chi connectivity index (χ1n) is 7.36. The number of rotatable bonds is 2. The van der Waals surface area contributed by atoms with Crippen LogP contribution in [0.1, 0.15) is 12.0 Å². The molecule has 0 N–H and O–H groups in total. The lowest BCUT2D eigenvalue weighted by molar-refractivity contribution is -0.132. The number of amides is 1. The van der Waals surface area contributed by atoms with Crippen LogP contribution in [0.5, 0.6) is 0 Å². The van der Waals surface area contributed by atoms with Crippen molar-refractivity contribution in [3.05, 3.63) is 35.9 Å². The third-order valence-corrected chi connectivity index (χ3v) is 4.10. The number of fused-ring (bicyclic) bond motifs is 1. The monoisotopic (exact) mass is 294 g/mol. The summed E-state index contributed by atoms with van der Waals surface area (Å²) in [7, 11) is 3.56. The van der Waals surface area contributed by atoms with Crippen LogP contribution in [0.15, 0.2) is 30.3 Å². The fourth-order valence-corrected chi connectivity index (χ4v) is 2.95. The highest BCUT2D eigenvalue weighted by molar-refractivity contribution is 5.84. The molecule has 0 spiro atoms. The van der Waals surface area contributed by atoms with Gasteiger partial charge in [0, 0.05) is 32.6 Å². The molecule has 112 valence electrons. The number of nitriles is 1. The van der Waals surface area contributed by atoms with Gasteiger partial charge in [-0.1, -0.05) is 18.2 Å². The number of carbonyl (C=O) groups excluding carboxylic acids is 1. The number of carbonyl (C=O) groups is 1.